The van der Waals surface area contributed by atoms with Crippen molar-refractivity contribution in [1.82, 2.24) is 25.0 Å². The molecule has 0 aliphatic heterocycles. The van der Waals surface area contributed by atoms with Gasteiger partial charge in [0, 0.05) is 12.5 Å². The van der Waals surface area contributed by atoms with Crippen LogP contribution < -0.4 is 5.73 Å². The van der Waals surface area contributed by atoms with E-state index in [4.69, 9.17) is 5.73 Å². The summed E-state index contributed by atoms with van der Waals surface area (Å²) >= 11 is 0. The van der Waals surface area contributed by atoms with E-state index in [1.165, 1.54) is 12.8 Å². The van der Waals surface area contributed by atoms with Gasteiger partial charge in [-0.15, -0.1) is 5.10 Å². The lowest BCUT2D eigenvalue weighted by Crippen LogP contribution is -2.03. The first-order chi connectivity index (χ1) is 7.29. The number of hydrogen-bond donors (Lipinski definition) is 1. The van der Waals surface area contributed by atoms with Crippen molar-refractivity contribution in [3.63, 3.8) is 0 Å². The molecule has 15 heavy (non-hydrogen) atoms. The molecule has 0 aromatic carbocycles. The zero-order valence-corrected chi connectivity index (χ0v) is 8.51. The average molecular weight is 204 g/mol. The van der Waals surface area contributed by atoms with Crippen LogP contribution in [0.2, 0.25) is 0 Å². The first kappa shape index (κ1) is 8.58. The van der Waals surface area contributed by atoms with Crippen LogP contribution in [-0.2, 0) is 6.54 Å². The van der Waals surface area contributed by atoms with Crippen molar-refractivity contribution in [3.8, 4) is 0 Å². The number of aryl methyl sites for hydroxylation is 1. The lowest BCUT2D eigenvalue weighted by molar-refractivity contribution is 0.639. The van der Waals surface area contributed by atoms with Gasteiger partial charge in [-0.05, 0) is 19.8 Å². The van der Waals surface area contributed by atoms with E-state index in [0.717, 1.165) is 18.0 Å². The Labute approximate surface area is 86.5 Å². The topological polar surface area (TPSA) is 82.5 Å². The zero-order valence-electron chi connectivity index (χ0n) is 8.51. The molecule has 2 N–H and O–H groups in total. The van der Waals surface area contributed by atoms with Crippen molar-refractivity contribution in [2.24, 2.45) is 0 Å². The molecule has 6 heteroatoms. The Morgan fingerprint density at radius 2 is 2.20 bits per heavy atom. The van der Waals surface area contributed by atoms with Gasteiger partial charge in [-0.3, -0.25) is 0 Å². The van der Waals surface area contributed by atoms with Crippen LogP contribution in [0.4, 0.5) is 5.82 Å². The van der Waals surface area contributed by atoms with E-state index in [1.807, 2.05) is 6.92 Å². The summed E-state index contributed by atoms with van der Waals surface area (Å²) in [5, 5.41) is 7.95. The smallest absolute Gasteiger partial charge is 0.184 e. The summed E-state index contributed by atoms with van der Waals surface area (Å²) in [4.78, 5) is 8.74. The van der Waals surface area contributed by atoms with Crippen molar-refractivity contribution in [1.29, 1.82) is 0 Å². The number of anilines is 1. The standard InChI is InChI=1S/C9H12N6/c1-2-15-9-6(13-14-15)7(10)11-8(12-9)5-3-4-5/h5H,2-4H2,1H3,(H2,10,11,12). The fourth-order valence-corrected chi connectivity index (χ4v) is 1.63. The summed E-state index contributed by atoms with van der Waals surface area (Å²) < 4.78 is 1.75. The molecule has 2 aromatic rings. The fraction of sp³-hybridized carbons (Fsp3) is 0.556. The highest BCUT2D eigenvalue weighted by atomic mass is 15.4. The van der Waals surface area contributed by atoms with Gasteiger partial charge in [0.15, 0.2) is 17.0 Å². The molecule has 0 atom stereocenters. The highest BCUT2D eigenvalue weighted by Crippen LogP contribution is 2.38. The quantitative estimate of drug-likeness (QED) is 0.778. The summed E-state index contributed by atoms with van der Waals surface area (Å²) in [6.45, 7) is 2.75. The molecule has 0 amide bonds. The first-order valence-electron chi connectivity index (χ1n) is 5.16. The number of fused-ring (bicyclic) bond motifs is 1. The monoisotopic (exact) mass is 204 g/mol. The third-order valence-electron chi connectivity index (χ3n) is 2.65. The predicted octanol–water partition coefficient (Wildman–Crippen LogP) is 0.701. The van der Waals surface area contributed by atoms with E-state index in [2.05, 4.69) is 20.3 Å². The van der Waals surface area contributed by atoms with Crippen LogP contribution in [-0.4, -0.2) is 25.0 Å². The molecule has 2 aromatic heterocycles. The van der Waals surface area contributed by atoms with E-state index in [-0.39, 0.29) is 0 Å². The summed E-state index contributed by atoms with van der Waals surface area (Å²) in [5.41, 5.74) is 7.19. The minimum Gasteiger partial charge on any atom is -0.382 e. The molecular weight excluding hydrogens is 192 g/mol. The fourth-order valence-electron chi connectivity index (χ4n) is 1.63. The van der Waals surface area contributed by atoms with Crippen LogP contribution in [0.15, 0.2) is 0 Å². The minimum atomic E-state index is 0.446. The summed E-state index contributed by atoms with van der Waals surface area (Å²) in [6.07, 6.45) is 2.33. The molecule has 3 rings (SSSR count). The van der Waals surface area contributed by atoms with Crippen molar-refractivity contribution in [2.75, 3.05) is 5.73 Å². The Hall–Kier alpha value is -1.72. The average Bonchev–Trinajstić information content (AvgIpc) is 2.99. The molecule has 2 heterocycles. The maximum Gasteiger partial charge on any atom is 0.184 e. The molecule has 0 unspecified atom stereocenters. The van der Waals surface area contributed by atoms with Gasteiger partial charge in [-0.25, -0.2) is 14.6 Å². The zero-order chi connectivity index (χ0) is 10.4. The first-order valence-corrected chi connectivity index (χ1v) is 5.16. The summed E-state index contributed by atoms with van der Waals surface area (Å²) in [5.74, 6) is 1.79. The number of hydrogen-bond acceptors (Lipinski definition) is 5. The van der Waals surface area contributed by atoms with Gasteiger partial charge in [0.2, 0.25) is 0 Å². The van der Waals surface area contributed by atoms with Gasteiger partial charge < -0.3 is 5.73 Å². The van der Waals surface area contributed by atoms with Crippen LogP contribution >= 0.6 is 0 Å². The minimum absolute atomic E-state index is 0.446. The molecular formula is C9H12N6. The van der Waals surface area contributed by atoms with Crippen LogP contribution in [0.3, 0.4) is 0 Å². The van der Waals surface area contributed by atoms with Crippen molar-refractivity contribution >= 4 is 17.0 Å². The molecule has 1 aliphatic rings. The highest BCUT2D eigenvalue weighted by molar-refractivity contribution is 5.80. The number of rotatable bonds is 2. The van der Waals surface area contributed by atoms with Gasteiger partial charge in [0.25, 0.3) is 0 Å². The second-order valence-electron chi connectivity index (χ2n) is 3.82. The van der Waals surface area contributed by atoms with Crippen LogP contribution in [0.5, 0.6) is 0 Å². The highest BCUT2D eigenvalue weighted by Gasteiger charge is 2.28. The molecule has 1 fully saturated rings. The van der Waals surface area contributed by atoms with E-state index < -0.39 is 0 Å². The second kappa shape index (κ2) is 2.88. The van der Waals surface area contributed by atoms with Crippen LogP contribution in [0.25, 0.3) is 11.2 Å². The van der Waals surface area contributed by atoms with Gasteiger partial charge in [0.1, 0.15) is 5.82 Å². The number of nitrogen functional groups attached to an aromatic ring is 1. The Morgan fingerprint density at radius 1 is 1.40 bits per heavy atom. The third-order valence-corrected chi connectivity index (χ3v) is 2.65. The Morgan fingerprint density at radius 3 is 2.87 bits per heavy atom. The van der Waals surface area contributed by atoms with Crippen molar-refractivity contribution < 1.29 is 0 Å². The van der Waals surface area contributed by atoms with Gasteiger partial charge >= 0.3 is 0 Å². The Balaban J connectivity index is 2.25. The van der Waals surface area contributed by atoms with Crippen molar-refractivity contribution in [3.05, 3.63) is 5.82 Å². The number of aromatic nitrogens is 5. The predicted molar refractivity (Wildman–Crippen MR) is 55.2 cm³/mol. The summed E-state index contributed by atoms with van der Waals surface area (Å²) in [7, 11) is 0. The van der Waals surface area contributed by atoms with Crippen LogP contribution in [0.1, 0.15) is 31.5 Å². The largest absolute Gasteiger partial charge is 0.382 e. The van der Waals surface area contributed by atoms with E-state index in [9.17, 15) is 0 Å². The third kappa shape index (κ3) is 1.25. The number of nitrogens with zero attached hydrogens (tertiary/aromatic N) is 5. The van der Waals surface area contributed by atoms with E-state index in [1.54, 1.807) is 4.68 Å². The molecule has 1 aliphatic carbocycles. The molecule has 0 saturated heterocycles. The second-order valence-corrected chi connectivity index (χ2v) is 3.82. The van der Waals surface area contributed by atoms with Gasteiger partial charge in [0.05, 0.1) is 0 Å². The maximum absolute atomic E-state index is 5.82. The van der Waals surface area contributed by atoms with E-state index >= 15 is 0 Å². The van der Waals surface area contributed by atoms with Crippen LogP contribution in [0, 0.1) is 0 Å². The molecule has 0 spiro atoms. The SMILES string of the molecule is CCn1nnc2c(N)nc(C3CC3)nc21. The molecule has 0 radical (unpaired) electrons. The lowest BCUT2D eigenvalue weighted by Gasteiger charge is -2.00. The van der Waals surface area contributed by atoms with Crippen molar-refractivity contribution in [2.45, 2.75) is 32.2 Å². The lowest BCUT2D eigenvalue weighted by atomic mass is 10.3. The molecule has 1 saturated carbocycles. The Kier molecular flexibility index (Phi) is 1.65. The van der Waals surface area contributed by atoms with Gasteiger partial charge in [-0.1, -0.05) is 5.21 Å². The van der Waals surface area contributed by atoms with E-state index in [0.29, 0.717) is 17.3 Å². The van der Waals surface area contributed by atoms with Gasteiger partial charge in [-0.2, -0.15) is 0 Å². The number of nitrogens with two attached hydrogens (primary N) is 1. The maximum atomic E-state index is 5.82. The molecule has 6 nitrogen and oxygen atoms in total. The molecule has 0 bridgehead atoms. The normalized spacial score (nSPS) is 16.1. The molecule has 78 valence electrons. The Bertz CT molecular complexity index is 513. The summed E-state index contributed by atoms with van der Waals surface area (Å²) in [6, 6.07) is 0.